The van der Waals surface area contributed by atoms with Crippen molar-refractivity contribution in [1.29, 1.82) is 0 Å². The number of aliphatic hydroxyl groups is 2. The zero-order valence-electron chi connectivity index (χ0n) is 14.2. The van der Waals surface area contributed by atoms with Crippen molar-refractivity contribution in [3.63, 3.8) is 0 Å². The molecule has 6 heteroatoms. The third-order valence-corrected chi connectivity index (χ3v) is 3.63. The van der Waals surface area contributed by atoms with E-state index >= 15 is 0 Å². The van der Waals surface area contributed by atoms with Crippen molar-refractivity contribution in [2.24, 2.45) is 0 Å². The molecule has 0 saturated heterocycles. The van der Waals surface area contributed by atoms with Gasteiger partial charge in [-0.25, -0.2) is 0 Å². The summed E-state index contributed by atoms with van der Waals surface area (Å²) in [4.78, 5) is 11.9. The molecular formula is C20H20O6. The lowest BCUT2D eigenvalue weighted by atomic mass is 10.0. The molecule has 1 atom stereocenters. The molecule has 2 aromatic carbocycles. The molecule has 6 nitrogen and oxygen atoms in total. The fourth-order valence-corrected chi connectivity index (χ4v) is 2.26. The van der Waals surface area contributed by atoms with Gasteiger partial charge in [-0.1, -0.05) is 24.3 Å². The Morgan fingerprint density at radius 2 is 1.85 bits per heavy atom. The van der Waals surface area contributed by atoms with Crippen LogP contribution in [-0.4, -0.2) is 33.3 Å². The van der Waals surface area contributed by atoms with E-state index in [0.717, 1.165) is 6.08 Å². The van der Waals surface area contributed by atoms with Crippen LogP contribution in [-0.2, 0) is 4.79 Å². The quantitative estimate of drug-likeness (QED) is 0.345. The highest BCUT2D eigenvalue weighted by Gasteiger charge is 2.12. The molecule has 0 radical (unpaired) electrons. The van der Waals surface area contributed by atoms with Gasteiger partial charge in [-0.05, 0) is 41.5 Å². The van der Waals surface area contributed by atoms with Gasteiger partial charge in [0.15, 0.2) is 17.3 Å². The third-order valence-electron chi connectivity index (χ3n) is 3.63. The lowest BCUT2D eigenvalue weighted by Crippen LogP contribution is -2.04. The molecule has 0 bridgehead atoms. The maximum atomic E-state index is 11.9. The maximum absolute atomic E-state index is 11.9. The summed E-state index contributed by atoms with van der Waals surface area (Å²) >= 11 is 0. The van der Waals surface area contributed by atoms with E-state index in [9.17, 15) is 25.2 Å². The number of methoxy groups -OCH3 is 1. The molecule has 0 saturated carbocycles. The number of benzene rings is 2. The molecule has 4 N–H and O–H groups in total. The third kappa shape index (κ3) is 5.39. The van der Waals surface area contributed by atoms with E-state index in [-0.39, 0.29) is 23.7 Å². The standard InChI is InChI=1S/C20H20O6/c1-26-20-10-13(3-9-18(20)24)2-6-16(22)11-17(23)12-19(25)14-4-7-15(21)8-5-14/h2-11,19,21-22,24-25H,12H2,1H3/b6-2+,16-11?. The second-order valence-corrected chi connectivity index (χ2v) is 5.61. The summed E-state index contributed by atoms with van der Waals surface area (Å²) in [5, 5.41) is 38.6. The zero-order valence-corrected chi connectivity index (χ0v) is 14.2. The normalized spacial score (nSPS) is 12.9. The molecule has 0 aliphatic heterocycles. The second kappa shape index (κ2) is 8.73. The van der Waals surface area contributed by atoms with Crippen LogP contribution in [0.4, 0.5) is 0 Å². The number of aliphatic hydroxyl groups excluding tert-OH is 2. The monoisotopic (exact) mass is 356 g/mol. The van der Waals surface area contributed by atoms with Gasteiger partial charge in [0.1, 0.15) is 11.5 Å². The van der Waals surface area contributed by atoms with Crippen molar-refractivity contribution in [2.45, 2.75) is 12.5 Å². The summed E-state index contributed by atoms with van der Waals surface area (Å²) < 4.78 is 4.99. The number of carbonyl (C=O) groups excluding carboxylic acids is 1. The Morgan fingerprint density at radius 3 is 2.50 bits per heavy atom. The second-order valence-electron chi connectivity index (χ2n) is 5.61. The fraction of sp³-hybridized carbons (Fsp3) is 0.150. The maximum Gasteiger partial charge on any atom is 0.162 e. The summed E-state index contributed by atoms with van der Waals surface area (Å²) in [7, 11) is 1.43. The van der Waals surface area contributed by atoms with Crippen molar-refractivity contribution in [3.05, 3.63) is 71.5 Å². The van der Waals surface area contributed by atoms with Crippen molar-refractivity contribution >= 4 is 11.9 Å². The Hall–Kier alpha value is -3.25. The van der Waals surface area contributed by atoms with Crippen molar-refractivity contribution in [3.8, 4) is 17.2 Å². The van der Waals surface area contributed by atoms with Crippen LogP contribution in [0.1, 0.15) is 23.7 Å². The minimum atomic E-state index is -1.03. The molecule has 0 heterocycles. The van der Waals surface area contributed by atoms with Gasteiger partial charge in [0.05, 0.1) is 13.2 Å². The predicted molar refractivity (Wildman–Crippen MR) is 97.1 cm³/mol. The SMILES string of the molecule is COc1cc(/C=C/C(O)=CC(=O)CC(O)c2ccc(O)cc2)ccc1O. The van der Waals surface area contributed by atoms with Crippen LogP contribution in [0, 0.1) is 0 Å². The number of carbonyl (C=O) groups is 1. The van der Waals surface area contributed by atoms with Crippen LogP contribution in [0.5, 0.6) is 17.2 Å². The number of rotatable bonds is 7. The molecular weight excluding hydrogens is 336 g/mol. The molecule has 26 heavy (non-hydrogen) atoms. The van der Waals surface area contributed by atoms with E-state index in [1.54, 1.807) is 18.2 Å². The van der Waals surface area contributed by atoms with Gasteiger partial charge < -0.3 is 25.2 Å². The number of phenolic OH excluding ortho intramolecular Hbond substituents is 2. The van der Waals surface area contributed by atoms with Gasteiger partial charge in [-0.3, -0.25) is 4.79 Å². The fourth-order valence-electron chi connectivity index (χ4n) is 2.26. The molecule has 0 fully saturated rings. The minimum absolute atomic E-state index is 0.00260. The Bertz CT molecular complexity index is 821. The molecule has 0 amide bonds. The number of ether oxygens (including phenoxy) is 1. The number of allylic oxidation sites excluding steroid dienone is 2. The van der Waals surface area contributed by atoms with E-state index in [1.807, 2.05) is 0 Å². The smallest absolute Gasteiger partial charge is 0.162 e. The Kier molecular flexibility index (Phi) is 6.41. The Balaban J connectivity index is 1.99. The number of phenols is 2. The number of aromatic hydroxyl groups is 2. The highest BCUT2D eigenvalue weighted by atomic mass is 16.5. The molecule has 2 rings (SSSR count). The van der Waals surface area contributed by atoms with Crippen LogP contribution >= 0.6 is 0 Å². The number of hydrogen-bond acceptors (Lipinski definition) is 6. The van der Waals surface area contributed by atoms with Crippen molar-refractivity contribution in [1.82, 2.24) is 0 Å². The van der Waals surface area contributed by atoms with Gasteiger partial charge in [0, 0.05) is 12.5 Å². The highest BCUT2D eigenvalue weighted by Crippen LogP contribution is 2.27. The summed E-state index contributed by atoms with van der Waals surface area (Å²) in [6, 6.07) is 10.5. The highest BCUT2D eigenvalue weighted by molar-refractivity contribution is 5.91. The van der Waals surface area contributed by atoms with Gasteiger partial charge in [-0.15, -0.1) is 0 Å². The Labute approximate surface area is 150 Å². The van der Waals surface area contributed by atoms with Gasteiger partial charge in [-0.2, -0.15) is 0 Å². The van der Waals surface area contributed by atoms with Gasteiger partial charge in [0.2, 0.25) is 0 Å². The summed E-state index contributed by atoms with van der Waals surface area (Å²) in [6.07, 6.45) is 2.68. The Morgan fingerprint density at radius 1 is 1.15 bits per heavy atom. The zero-order chi connectivity index (χ0) is 19.1. The molecule has 0 aromatic heterocycles. The van der Waals surface area contributed by atoms with Crippen LogP contribution in [0.3, 0.4) is 0 Å². The topological polar surface area (TPSA) is 107 Å². The first-order valence-electron chi connectivity index (χ1n) is 7.84. The first kappa shape index (κ1) is 19.1. The summed E-state index contributed by atoms with van der Waals surface area (Å²) in [6.45, 7) is 0. The van der Waals surface area contributed by atoms with Crippen LogP contribution in [0.25, 0.3) is 6.08 Å². The van der Waals surface area contributed by atoms with E-state index < -0.39 is 11.9 Å². The molecule has 1 unspecified atom stereocenters. The molecule has 0 spiro atoms. The van der Waals surface area contributed by atoms with E-state index in [4.69, 9.17) is 4.74 Å². The van der Waals surface area contributed by atoms with Gasteiger partial charge in [0.25, 0.3) is 0 Å². The lowest BCUT2D eigenvalue weighted by Gasteiger charge is -2.08. The van der Waals surface area contributed by atoms with Crippen molar-refractivity contribution < 1.29 is 30.0 Å². The van der Waals surface area contributed by atoms with E-state index in [1.165, 1.54) is 43.5 Å². The first-order valence-corrected chi connectivity index (χ1v) is 7.84. The average molecular weight is 356 g/mol. The average Bonchev–Trinajstić information content (AvgIpc) is 2.61. The molecule has 136 valence electrons. The van der Waals surface area contributed by atoms with Gasteiger partial charge >= 0.3 is 0 Å². The first-order chi connectivity index (χ1) is 12.4. The number of hydrogen-bond donors (Lipinski definition) is 4. The lowest BCUT2D eigenvalue weighted by molar-refractivity contribution is -0.116. The largest absolute Gasteiger partial charge is 0.508 e. The van der Waals surface area contributed by atoms with Crippen molar-refractivity contribution in [2.75, 3.05) is 7.11 Å². The number of ketones is 1. The molecule has 2 aromatic rings. The summed E-state index contributed by atoms with van der Waals surface area (Å²) in [5.41, 5.74) is 1.16. The van der Waals surface area contributed by atoms with Crippen LogP contribution < -0.4 is 4.74 Å². The molecule has 0 aliphatic carbocycles. The van der Waals surface area contributed by atoms with Crippen LogP contribution in [0.2, 0.25) is 0 Å². The van der Waals surface area contributed by atoms with Crippen LogP contribution in [0.15, 0.2) is 60.4 Å². The molecule has 0 aliphatic rings. The minimum Gasteiger partial charge on any atom is -0.508 e. The van der Waals surface area contributed by atoms with E-state index in [2.05, 4.69) is 0 Å². The summed E-state index contributed by atoms with van der Waals surface area (Å²) in [5.74, 6) is -0.344. The van der Waals surface area contributed by atoms with E-state index in [0.29, 0.717) is 16.9 Å². The predicted octanol–water partition coefficient (Wildman–Crippen LogP) is 3.25.